The van der Waals surface area contributed by atoms with E-state index in [2.05, 4.69) is 41.9 Å². The number of aliphatic imine (C=N–C) groups is 1. The van der Waals surface area contributed by atoms with Gasteiger partial charge in [0.25, 0.3) is 5.91 Å². The maximum Gasteiger partial charge on any atom is 0.255 e. The summed E-state index contributed by atoms with van der Waals surface area (Å²) in [6.07, 6.45) is 9.38. The SMILES string of the molecule is Cc1ccc(C2CN=C3C=CC(C(=O)N4CCCCC4)=CN32)cc1C. The average Bonchev–Trinajstić information content (AvgIpc) is 3.07. The number of rotatable bonds is 2. The minimum Gasteiger partial charge on any atom is -0.339 e. The van der Waals surface area contributed by atoms with E-state index in [4.69, 9.17) is 0 Å². The van der Waals surface area contributed by atoms with Gasteiger partial charge in [-0.25, -0.2) is 0 Å². The van der Waals surface area contributed by atoms with E-state index >= 15 is 0 Å². The Balaban J connectivity index is 1.58. The average molecular weight is 335 g/mol. The van der Waals surface area contributed by atoms with Gasteiger partial charge in [-0.1, -0.05) is 18.2 Å². The Hall–Kier alpha value is -2.36. The van der Waals surface area contributed by atoms with Gasteiger partial charge in [-0.15, -0.1) is 0 Å². The Morgan fingerprint density at radius 3 is 2.64 bits per heavy atom. The largest absolute Gasteiger partial charge is 0.339 e. The van der Waals surface area contributed by atoms with E-state index in [-0.39, 0.29) is 11.9 Å². The number of piperidine rings is 1. The zero-order chi connectivity index (χ0) is 17.4. The number of hydrogen-bond acceptors (Lipinski definition) is 3. The van der Waals surface area contributed by atoms with Crippen molar-refractivity contribution in [3.63, 3.8) is 0 Å². The van der Waals surface area contributed by atoms with E-state index in [1.807, 2.05) is 23.3 Å². The lowest BCUT2D eigenvalue weighted by molar-refractivity contribution is -0.127. The molecule has 130 valence electrons. The highest BCUT2D eigenvalue weighted by atomic mass is 16.2. The predicted octanol–water partition coefficient (Wildman–Crippen LogP) is 3.52. The van der Waals surface area contributed by atoms with E-state index in [0.717, 1.165) is 43.9 Å². The molecule has 3 aliphatic heterocycles. The Bertz CT molecular complexity index is 784. The minimum absolute atomic E-state index is 0.153. The van der Waals surface area contributed by atoms with Crippen LogP contribution in [-0.2, 0) is 4.79 Å². The Morgan fingerprint density at radius 2 is 1.88 bits per heavy atom. The molecule has 0 bridgehead atoms. The Kier molecular flexibility index (Phi) is 4.20. The number of amides is 1. The fourth-order valence-corrected chi connectivity index (χ4v) is 3.81. The van der Waals surface area contributed by atoms with Crippen molar-refractivity contribution in [1.82, 2.24) is 9.80 Å². The minimum atomic E-state index is 0.153. The first kappa shape index (κ1) is 16.1. The molecule has 0 aromatic heterocycles. The normalized spacial score (nSPS) is 22.6. The van der Waals surface area contributed by atoms with Crippen LogP contribution in [-0.4, -0.2) is 41.2 Å². The molecule has 0 radical (unpaired) electrons. The van der Waals surface area contributed by atoms with Crippen molar-refractivity contribution in [1.29, 1.82) is 0 Å². The van der Waals surface area contributed by atoms with Crippen LogP contribution in [0.2, 0.25) is 0 Å². The summed E-state index contributed by atoms with van der Waals surface area (Å²) in [5.74, 6) is 1.11. The van der Waals surface area contributed by atoms with E-state index in [1.165, 1.54) is 23.1 Å². The molecule has 1 unspecified atom stereocenters. The highest BCUT2D eigenvalue weighted by Crippen LogP contribution is 2.31. The van der Waals surface area contributed by atoms with E-state index < -0.39 is 0 Å². The van der Waals surface area contributed by atoms with Crippen LogP contribution in [0.25, 0.3) is 0 Å². The maximum absolute atomic E-state index is 12.8. The summed E-state index contributed by atoms with van der Waals surface area (Å²) < 4.78 is 0. The first-order chi connectivity index (χ1) is 12.1. The third-order valence-corrected chi connectivity index (χ3v) is 5.52. The molecule has 4 heteroatoms. The van der Waals surface area contributed by atoms with E-state index in [9.17, 15) is 4.79 Å². The van der Waals surface area contributed by atoms with Gasteiger partial charge in [-0.3, -0.25) is 9.79 Å². The molecular weight excluding hydrogens is 310 g/mol. The monoisotopic (exact) mass is 335 g/mol. The van der Waals surface area contributed by atoms with Gasteiger partial charge in [-0.05, 0) is 62.0 Å². The second-order valence-corrected chi connectivity index (χ2v) is 7.24. The van der Waals surface area contributed by atoms with Crippen molar-refractivity contribution in [2.75, 3.05) is 19.6 Å². The van der Waals surface area contributed by atoms with Crippen LogP contribution in [0.5, 0.6) is 0 Å². The van der Waals surface area contributed by atoms with Crippen molar-refractivity contribution in [2.45, 2.75) is 39.2 Å². The zero-order valence-corrected chi connectivity index (χ0v) is 15.0. The summed E-state index contributed by atoms with van der Waals surface area (Å²) >= 11 is 0. The van der Waals surface area contributed by atoms with Gasteiger partial charge in [0.2, 0.25) is 0 Å². The fourth-order valence-electron chi connectivity index (χ4n) is 3.81. The number of carbonyl (C=O) groups is 1. The van der Waals surface area contributed by atoms with Gasteiger partial charge in [-0.2, -0.15) is 0 Å². The summed E-state index contributed by atoms with van der Waals surface area (Å²) in [6, 6.07) is 6.79. The molecule has 1 aromatic carbocycles. The number of amidine groups is 1. The molecule has 1 saturated heterocycles. The summed E-state index contributed by atoms with van der Waals surface area (Å²) in [7, 11) is 0. The fraction of sp³-hybridized carbons (Fsp3) is 0.429. The Labute approximate surface area is 149 Å². The van der Waals surface area contributed by atoms with Crippen LogP contribution < -0.4 is 0 Å². The van der Waals surface area contributed by atoms with Crippen LogP contribution in [0.1, 0.15) is 42.0 Å². The van der Waals surface area contributed by atoms with Crippen LogP contribution in [0.4, 0.5) is 0 Å². The van der Waals surface area contributed by atoms with Crippen LogP contribution in [0.15, 0.2) is 47.1 Å². The molecule has 1 fully saturated rings. The molecule has 3 heterocycles. The molecule has 4 rings (SSSR count). The molecule has 4 nitrogen and oxygen atoms in total. The smallest absolute Gasteiger partial charge is 0.255 e. The molecule has 1 aromatic rings. The maximum atomic E-state index is 12.8. The van der Waals surface area contributed by atoms with E-state index in [0.29, 0.717) is 0 Å². The van der Waals surface area contributed by atoms with Gasteiger partial charge in [0.1, 0.15) is 5.84 Å². The lowest BCUT2D eigenvalue weighted by atomic mass is 10.00. The topological polar surface area (TPSA) is 35.9 Å². The molecule has 0 N–H and O–H groups in total. The molecule has 3 aliphatic rings. The number of carbonyl (C=O) groups excluding carboxylic acids is 1. The molecule has 0 saturated carbocycles. The zero-order valence-electron chi connectivity index (χ0n) is 15.0. The summed E-state index contributed by atoms with van der Waals surface area (Å²) in [5, 5.41) is 0. The number of nitrogens with zero attached hydrogens (tertiary/aromatic N) is 3. The first-order valence-corrected chi connectivity index (χ1v) is 9.22. The second kappa shape index (κ2) is 6.51. The van der Waals surface area contributed by atoms with Crippen molar-refractivity contribution < 1.29 is 4.79 Å². The highest BCUT2D eigenvalue weighted by molar-refractivity contribution is 6.04. The number of hydrogen-bond donors (Lipinski definition) is 0. The lowest BCUT2D eigenvalue weighted by Crippen LogP contribution is -2.38. The quantitative estimate of drug-likeness (QED) is 0.829. The highest BCUT2D eigenvalue weighted by Gasteiger charge is 2.30. The first-order valence-electron chi connectivity index (χ1n) is 9.22. The molecule has 0 aliphatic carbocycles. The van der Waals surface area contributed by atoms with Crippen LogP contribution in [0, 0.1) is 13.8 Å². The second-order valence-electron chi connectivity index (χ2n) is 7.24. The van der Waals surface area contributed by atoms with Crippen LogP contribution in [0.3, 0.4) is 0 Å². The third kappa shape index (κ3) is 3.01. The molecule has 1 atom stereocenters. The van der Waals surface area contributed by atoms with Gasteiger partial charge in [0.05, 0.1) is 18.2 Å². The van der Waals surface area contributed by atoms with Crippen molar-refractivity contribution in [3.8, 4) is 0 Å². The number of benzene rings is 1. The molecule has 1 amide bonds. The van der Waals surface area contributed by atoms with E-state index in [1.54, 1.807) is 0 Å². The lowest BCUT2D eigenvalue weighted by Gasteiger charge is -2.30. The molecular formula is C21H25N3O. The summed E-state index contributed by atoms with van der Waals surface area (Å²) in [4.78, 5) is 21.6. The number of aryl methyl sites for hydroxylation is 2. The van der Waals surface area contributed by atoms with Crippen LogP contribution >= 0.6 is 0 Å². The van der Waals surface area contributed by atoms with Crippen molar-refractivity contribution in [3.05, 3.63) is 58.8 Å². The molecule has 25 heavy (non-hydrogen) atoms. The molecule has 0 spiro atoms. The predicted molar refractivity (Wildman–Crippen MR) is 100 cm³/mol. The number of fused-ring (bicyclic) bond motifs is 1. The number of likely N-dealkylation sites (tertiary alicyclic amines) is 1. The van der Waals surface area contributed by atoms with Gasteiger partial charge >= 0.3 is 0 Å². The van der Waals surface area contributed by atoms with Crippen molar-refractivity contribution >= 4 is 11.7 Å². The summed E-state index contributed by atoms with van der Waals surface area (Å²) in [6.45, 7) is 6.78. The third-order valence-electron chi connectivity index (χ3n) is 5.52. The standard InChI is InChI=1S/C21H25N3O/c1-15-6-7-17(12-16(15)2)19-13-22-20-9-8-18(14-24(19)20)21(25)23-10-4-3-5-11-23/h6-9,12,14,19H,3-5,10-11,13H2,1-2H3. The van der Waals surface area contributed by atoms with Gasteiger partial charge < -0.3 is 9.80 Å². The van der Waals surface area contributed by atoms with Gasteiger partial charge in [0, 0.05) is 19.3 Å². The Morgan fingerprint density at radius 1 is 1.08 bits per heavy atom. The van der Waals surface area contributed by atoms with Crippen molar-refractivity contribution in [2.24, 2.45) is 4.99 Å². The summed E-state index contributed by atoms with van der Waals surface area (Å²) in [5.41, 5.74) is 4.64. The van der Waals surface area contributed by atoms with Gasteiger partial charge in [0.15, 0.2) is 0 Å².